The summed E-state index contributed by atoms with van der Waals surface area (Å²) in [5.74, 6) is 0.328. The highest BCUT2D eigenvalue weighted by molar-refractivity contribution is 5.91. The quantitative estimate of drug-likeness (QED) is 0.562. The second-order valence-corrected chi connectivity index (χ2v) is 4.25. The third-order valence-corrected chi connectivity index (χ3v) is 2.80. The molecule has 2 N–H and O–H groups in total. The number of hydrogen-bond donors (Lipinski definition) is 2. The van der Waals surface area contributed by atoms with Gasteiger partial charge in [0.1, 0.15) is 5.84 Å². The average molecular weight is 215 g/mol. The number of allylic oxidation sites excluding steroid dienone is 2. The molecule has 2 rings (SSSR count). The van der Waals surface area contributed by atoms with E-state index in [0.29, 0.717) is 5.84 Å². The molecule has 1 aliphatic carbocycles. The van der Waals surface area contributed by atoms with Crippen molar-refractivity contribution in [3.8, 4) is 0 Å². The zero-order valence-corrected chi connectivity index (χ0v) is 9.80. The van der Waals surface area contributed by atoms with E-state index in [-0.39, 0.29) is 0 Å². The van der Waals surface area contributed by atoms with Gasteiger partial charge in [0.15, 0.2) is 0 Å². The van der Waals surface area contributed by atoms with Crippen LogP contribution in [0, 0.1) is 12.3 Å². The van der Waals surface area contributed by atoms with Crippen LogP contribution in [0.5, 0.6) is 0 Å². The van der Waals surface area contributed by atoms with Crippen LogP contribution < -0.4 is 0 Å². The molecule has 0 fully saturated rings. The van der Waals surface area contributed by atoms with E-state index in [9.17, 15) is 0 Å². The van der Waals surface area contributed by atoms with Gasteiger partial charge in [-0.3, -0.25) is 5.41 Å². The first kappa shape index (κ1) is 10.9. The predicted molar refractivity (Wildman–Crippen MR) is 68.4 cm³/mol. The SMILES string of the molecule is CC(=N)N=Cc1cc(C)c(C2=CCCC2)[nH]1. The number of rotatable bonds is 2. The highest BCUT2D eigenvalue weighted by Crippen LogP contribution is 2.29. The van der Waals surface area contributed by atoms with Crippen LogP contribution in [0.25, 0.3) is 5.57 Å². The normalized spacial score (nSPS) is 15.8. The van der Waals surface area contributed by atoms with Crippen LogP contribution in [-0.2, 0) is 0 Å². The fraction of sp³-hybridized carbons (Fsp3) is 0.385. The number of aromatic nitrogens is 1. The van der Waals surface area contributed by atoms with Gasteiger partial charge in [-0.2, -0.15) is 0 Å². The van der Waals surface area contributed by atoms with Gasteiger partial charge in [-0.15, -0.1) is 0 Å². The largest absolute Gasteiger partial charge is 0.354 e. The van der Waals surface area contributed by atoms with Gasteiger partial charge in [0.05, 0.1) is 11.9 Å². The van der Waals surface area contributed by atoms with E-state index in [1.807, 2.05) is 0 Å². The molecule has 3 heteroatoms. The number of H-pyrrole nitrogens is 1. The Kier molecular flexibility index (Phi) is 3.04. The van der Waals surface area contributed by atoms with E-state index in [1.54, 1.807) is 13.1 Å². The molecular formula is C13H17N3. The highest BCUT2D eigenvalue weighted by Gasteiger charge is 2.11. The minimum absolute atomic E-state index is 0.328. The fourth-order valence-corrected chi connectivity index (χ4v) is 2.05. The van der Waals surface area contributed by atoms with Crippen LogP contribution in [0.3, 0.4) is 0 Å². The van der Waals surface area contributed by atoms with Crippen molar-refractivity contribution in [2.75, 3.05) is 0 Å². The van der Waals surface area contributed by atoms with Crippen molar-refractivity contribution in [2.45, 2.75) is 33.1 Å². The molecule has 0 spiro atoms. The summed E-state index contributed by atoms with van der Waals surface area (Å²) in [5, 5.41) is 7.25. The number of hydrogen-bond acceptors (Lipinski definition) is 1. The Morgan fingerprint density at radius 2 is 2.38 bits per heavy atom. The summed E-state index contributed by atoms with van der Waals surface area (Å²) in [6, 6.07) is 2.08. The number of amidine groups is 1. The maximum absolute atomic E-state index is 7.25. The van der Waals surface area contributed by atoms with Gasteiger partial charge >= 0.3 is 0 Å². The van der Waals surface area contributed by atoms with Gasteiger partial charge in [-0.25, -0.2) is 4.99 Å². The first-order valence-electron chi connectivity index (χ1n) is 5.65. The van der Waals surface area contributed by atoms with Crippen molar-refractivity contribution < 1.29 is 0 Å². The average Bonchev–Trinajstić information content (AvgIpc) is 2.83. The van der Waals surface area contributed by atoms with Gasteiger partial charge in [0.25, 0.3) is 0 Å². The zero-order chi connectivity index (χ0) is 11.5. The van der Waals surface area contributed by atoms with E-state index >= 15 is 0 Å². The molecule has 0 amide bonds. The lowest BCUT2D eigenvalue weighted by atomic mass is 10.1. The van der Waals surface area contributed by atoms with E-state index < -0.39 is 0 Å². The summed E-state index contributed by atoms with van der Waals surface area (Å²) in [6.07, 6.45) is 7.64. The van der Waals surface area contributed by atoms with Crippen molar-refractivity contribution in [1.29, 1.82) is 5.41 Å². The lowest BCUT2D eigenvalue weighted by Gasteiger charge is -1.99. The molecule has 16 heavy (non-hydrogen) atoms. The molecule has 1 aromatic rings. The number of aryl methyl sites for hydroxylation is 1. The van der Waals surface area contributed by atoms with Crippen molar-refractivity contribution in [3.05, 3.63) is 29.1 Å². The van der Waals surface area contributed by atoms with E-state index in [4.69, 9.17) is 5.41 Å². The molecule has 0 radical (unpaired) electrons. The third-order valence-electron chi connectivity index (χ3n) is 2.80. The Hall–Kier alpha value is -1.64. The van der Waals surface area contributed by atoms with Crippen LogP contribution in [0.1, 0.15) is 43.1 Å². The second kappa shape index (κ2) is 4.47. The minimum atomic E-state index is 0.328. The topological polar surface area (TPSA) is 52.0 Å². The fourth-order valence-electron chi connectivity index (χ4n) is 2.05. The van der Waals surface area contributed by atoms with Gasteiger partial charge in [0, 0.05) is 5.69 Å². The molecule has 0 aliphatic heterocycles. The molecule has 0 atom stereocenters. The molecule has 0 saturated heterocycles. The van der Waals surface area contributed by atoms with Crippen LogP contribution in [0.4, 0.5) is 0 Å². The van der Waals surface area contributed by atoms with Gasteiger partial charge < -0.3 is 4.98 Å². The Morgan fingerprint density at radius 3 is 3.00 bits per heavy atom. The molecule has 1 aliphatic rings. The van der Waals surface area contributed by atoms with Crippen molar-refractivity contribution >= 4 is 17.6 Å². The predicted octanol–water partition coefficient (Wildman–Crippen LogP) is 3.31. The van der Waals surface area contributed by atoms with E-state index in [2.05, 4.69) is 29.0 Å². The van der Waals surface area contributed by atoms with Crippen LogP contribution in [0.2, 0.25) is 0 Å². The summed E-state index contributed by atoms with van der Waals surface area (Å²) < 4.78 is 0. The summed E-state index contributed by atoms with van der Waals surface area (Å²) in [7, 11) is 0. The van der Waals surface area contributed by atoms with Gasteiger partial charge in [-0.05, 0) is 50.3 Å². The molecule has 3 nitrogen and oxygen atoms in total. The molecule has 0 aromatic carbocycles. The molecule has 1 aromatic heterocycles. The van der Waals surface area contributed by atoms with Gasteiger partial charge in [0.2, 0.25) is 0 Å². The lowest BCUT2D eigenvalue weighted by Crippen LogP contribution is -1.88. The Balaban J connectivity index is 2.25. The molecular weight excluding hydrogens is 198 g/mol. The van der Waals surface area contributed by atoms with Crippen LogP contribution in [-0.4, -0.2) is 17.0 Å². The number of aliphatic imine (C=N–C) groups is 1. The Bertz CT molecular complexity index is 464. The lowest BCUT2D eigenvalue weighted by molar-refractivity contribution is 0.933. The van der Waals surface area contributed by atoms with E-state index in [1.165, 1.54) is 36.1 Å². The number of nitrogens with one attached hydrogen (secondary N) is 2. The van der Waals surface area contributed by atoms with Crippen LogP contribution in [0.15, 0.2) is 17.1 Å². The maximum Gasteiger partial charge on any atom is 0.117 e. The second-order valence-electron chi connectivity index (χ2n) is 4.25. The maximum atomic E-state index is 7.25. The molecule has 0 bridgehead atoms. The Labute approximate surface area is 95.8 Å². The summed E-state index contributed by atoms with van der Waals surface area (Å²) in [4.78, 5) is 7.35. The third kappa shape index (κ3) is 2.30. The minimum Gasteiger partial charge on any atom is -0.354 e. The number of nitrogens with zero attached hydrogens (tertiary/aromatic N) is 1. The van der Waals surface area contributed by atoms with Crippen molar-refractivity contribution in [2.24, 2.45) is 4.99 Å². The summed E-state index contributed by atoms with van der Waals surface area (Å²) in [6.45, 7) is 3.78. The smallest absolute Gasteiger partial charge is 0.117 e. The Morgan fingerprint density at radius 1 is 1.56 bits per heavy atom. The first-order chi connectivity index (χ1) is 7.66. The first-order valence-corrected chi connectivity index (χ1v) is 5.65. The highest BCUT2D eigenvalue weighted by atomic mass is 14.8. The monoisotopic (exact) mass is 215 g/mol. The summed E-state index contributed by atoms with van der Waals surface area (Å²) >= 11 is 0. The standard InChI is InChI=1S/C13H17N3/c1-9-7-12(8-15-10(2)14)16-13(9)11-5-3-4-6-11/h5,7-8,14,16H,3-4,6H2,1-2H3. The molecule has 1 heterocycles. The van der Waals surface area contributed by atoms with Gasteiger partial charge in [-0.1, -0.05) is 6.08 Å². The van der Waals surface area contributed by atoms with Crippen molar-refractivity contribution in [3.63, 3.8) is 0 Å². The number of aromatic amines is 1. The summed E-state index contributed by atoms with van der Waals surface area (Å²) in [5.41, 5.74) is 4.90. The molecule has 0 unspecified atom stereocenters. The van der Waals surface area contributed by atoms with E-state index in [0.717, 1.165) is 5.69 Å². The zero-order valence-electron chi connectivity index (χ0n) is 9.80. The molecule has 0 saturated carbocycles. The van der Waals surface area contributed by atoms with Crippen molar-refractivity contribution in [1.82, 2.24) is 4.98 Å². The van der Waals surface area contributed by atoms with Crippen LogP contribution >= 0.6 is 0 Å². The molecule has 84 valence electrons.